The molecule has 0 spiro atoms. The fourth-order valence-corrected chi connectivity index (χ4v) is 3.94. The van der Waals surface area contributed by atoms with Crippen LogP contribution in [-0.2, 0) is 6.42 Å². The van der Waals surface area contributed by atoms with Gasteiger partial charge >= 0.3 is 0 Å². The molecule has 0 unspecified atom stereocenters. The Labute approximate surface area is 175 Å². The molecule has 2 heteroatoms. The van der Waals surface area contributed by atoms with Crippen molar-refractivity contribution in [3.8, 4) is 5.75 Å². The Bertz CT molecular complexity index is 444. The average molecular weight is 390 g/mol. The maximum Gasteiger partial charge on any atom is 0.118 e. The quantitative estimate of drug-likeness (QED) is 0.245. The van der Waals surface area contributed by atoms with Crippen LogP contribution in [0, 0.1) is 0 Å². The smallest absolute Gasteiger partial charge is 0.118 e. The molecule has 1 aromatic rings. The van der Waals surface area contributed by atoms with Gasteiger partial charge in [-0.05, 0) is 63.4 Å². The number of nitrogens with zero attached hydrogens (tertiary/aromatic N) is 1. The Morgan fingerprint density at radius 2 is 1.07 bits per heavy atom. The van der Waals surface area contributed by atoms with Gasteiger partial charge in [-0.25, -0.2) is 0 Å². The number of para-hydroxylation sites is 1. The second-order valence-corrected chi connectivity index (χ2v) is 8.46. The van der Waals surface area contributed by atoms with Crippen LogP contribution in [0.15, 0.2) is 24.3 Å². The molecule has 0 fully saturated rings. The standard InChI is InChI=1S/C26H47NO/c1-3-5-7-9-11-16-22-27(23-17-12-10-8-6-4-2)24-18-15-20-25-19-13-14-21-26(25)28/h13-14,19,21,28H,3-12,15-18,20,22-24H2,1-2H3. The van der Waals surface area contributed by atoms with Gasteiger partial charge in [0.25, 0.3) is 0 Å². The molecule has 1 rings (SSSR count). The third-order valence-electron chi connectivity index (χ3n) is 5.82. The SMILES string of the molecule is CCCCCCCCN(CCCCCCCC)CCCCc1ccccc1O. The van der Waals surface area contributed by atoms with Crippen molar-refractivity contribution in [3.63, 3.8) is 0 Å². The zero-order valence-corrected chi connectivity index (χ0v) is 18.9. The summed E-state index contributed by atoms with van der Waals surface area (Å²) in [5, 5.41) is 9.92. The van der Waals surface area contributed by atoms with Crippen LogP contribution in [0.2, 0.25) is 0 Å². The van der Waals surface area contributed by atoms with Crippen LogP contribution >= 0.6 is 0 Å². The van der Waals surface area contributed by atoms with Gasteiger partial charge in [0.05, 0.1) is 0 Å². The molecule has 0 aliphatic carbocycles. The van der Waals surface area contributed by atoms with Crippen molar-refractivity contribution in [2.45, 2.75) is 110 Å². The Balaban J connectivity index is 2.23. The predicted molar refractivity (Wildman–Crippen MR) is 124 cm³/mol. The van der Waals surface area contributed by atoms with E-state index in [0.29, 0.717) is 5.75 Å². The molecule has 0 aromatic heterocycles. The molecule has 0 radical (unpaired) electrons. The van der Waals surface area contributed by atoms with Crippen LogP contribution in [0.5, 0.6) is 5.75 Å². The fourth-order valence-electron chi connectivity index (χ4n) is 3.94. The van der Waals surface area contributed by atoms with Crippen molar-refractivity contribution in [1.82, 2.24) is 4.90 Å². The first-order chi connectivity index (χ1) is 13.8. The average Bonchev–Trinajstić information content (AvgIpc) is 2.71. The summed E-state index contributed by atoms with van der Waals surface area (Å²) in [7, 11) is 0. The van der Waals surface area contributed by atoms with Gasteiger partial charge in [-0.1, -0.05) is 96.3 Å². The number of rotatable bonds is 19. The Morgan fingerprint density at radius 1 is 0.607 bits per heavy atom. The highest BCUT2D eigenvalue weighted by molar-refractivity contribution is 5.31. The molecule has 2 nitrogen and oxygen atoms in total. The van der Waals surface area contributed by atoms with Gasteiger partial charge in [-0.3, -0.25) is 0 Å². The van der Waals surface area contributed by atoms with E-state index < -0.39 is 0 Å². The third kappa shape index (κ3) is 13.2. The number of hydrogen-bond acceptors (Lipinski definition) is 2. The molecule has 0 amide bonds. The van der Waals surface area contributed by atoms with E-state index in [1.54, 1.807) is 6.07 Å². The topological polar surface area (TPSA) is 23.5 Å². The van der Waals surface area contributed by atoms with E-state index in [1.807, 2.05) is 12.1 Å². The summed E-state index contributed by atoms with van der Waals surface area (Å²) >= 11 is 0. The van der Waals surface area contributed by atoms with Crippen LogP contribution < -0.4 is 0 Å². The molecule has 0 aliphatic rings. The van der Waals surface area contributed by atoms with Crippen molar-refractivity contribution in [1.29, 1.82) is 0 Å². The zero-order valence-electron chi connectivity index (χ0n) is 18.9. The predicted octanol–water partition coefficient (Wildman–Crippen LogP) is 7.74. The summed E-state index contributed by atoms with van der Waals surface area (Å²) in [6, 6.07) is 7.79. The van der Waals surface area contributed by atoms with Gasteiger partial charge in [0, 0.05) is 0 Å². The van der Waals surface area contributed by atoms with E-state index in [9.17, 15) is 5.11 Å². The normalized spacial score (nSPS) is 11.4. The maximum absolute atomic E-state index is 9.92. The lowest BCUT2D eigenvalue weighted by atomic mass is 10.1. The van der Waals surface area contributed by atoms with Gasteiger partial charge in [0.2, 0.25) is 0 Å². The monoisotopic (exact) mass is 389 g/mol. The van der Waals surface area contributed by atoms with Gasteiger partial charge in [-0.2, -0.15) is 0 Å². The third-order valence-corrected chi connectivity index (χ3v) is 5.82. The largest absolute Gasteiger partial charge is 0.508 e. The van der Waals surface area contributed by atoms with Crippen LogP contribution in [0.4, 0.5) is 0 Å². The summed E-state index contributed by atoms with van der Waals surface area (Å²) in [5.41, 5.74) is 1.10. The van der Waals surface area contributed by atoms with Crippen molar-refractivity contribution in [2.75, 3.05) is 19.6 Å². The highest BCUT2D eigenvalue weighted by atomic mass is 16.3. The summed E-state index contributed by atoms with van der Waals surface area (Å²) in [6.07, 6.45) is 20.0. The summed E-state index contributed by atoms with van der Waals surface area (Å²) < 4.78 is 0. The van der Waals surface area contributed by atoms with Crippen LogP contribution in [0.1, 0.15) is 109 Å². The molecule has 0 saturated carbocycles. The molecule has 0 bridgehead atoms. The number of aromatic hydroxyl groups is 1. The number of phenolic OH excluding ortho intramolecular Hbond substituents is 1. The molecular formula is C26H47NO. The maximum atomic E-state index is 9.92. The van der Waals surface area contributed by atoms with E-state index in [4.69, 9.17) is 0 Å². The summed E-state index contributed by atoms with van der Waals surface area (Å²) in [4.78, 5) is 2.71. The Hall–Kier alpha value is -1.02. The molecule has 0 atom stereocenters. The first-order valence-electron chi connectivity index (χ1n) is 12.3. The van der Waals surface area contributed by atoms with E-state index in [0.717, 1.165) is 12.0 Å². The van der Waals surface area contributed by atoms with E-state index >= 15 is 0 Å². The second kappa shape index (κ2) is 18.0. The molecule has 1 N–H and O–H groups in total. The van der Waals surface area contributed by atoms with Gasteiger partial charge in [0.15, 0.2) is 0 Å². The molecule has 28 heavy (non-hydrogen) atoms. The van der Waals surface area contributed by atoms with E-state index in [-0.39, 0.29) is 0 Å². The minimum atomic E-state index is 0.457. The summed E-state index contributed by atoms with van der Waals surface area (Å²) in [6.45, 7) is 8.35. The van der Waals surface area contributed by atoms with Crippen molar-refractivity contribution in [3.05, 3.63) is 29.8 Å². The molecular weight excluding hydrogens is 342 g/mol. The number of benzene rings is 1. The molecule has 162 valence electrons. The van der Waals surface area contributed by atoms with Crippen molar-refractivity contribution < 1.29 is 5.11 Å². The highest BCUT2D eigenvalue weighted by Crippen LogP contribution is 2.18. The molecule has 0 saturated heterocycles. The Kier molecular flexibility index (Phi) is 16.1. The number of phenols is 1. The Morgan fingerprint density at radius 3 is 1.61 bits per heavy atom. The van der Waals surface area contributed by atoms with Crippen LogP contribution in [-0.4, -0.2) is 29.6 Å². The first-order valence-corrected chi connectivity index (χ1v) is 12.3. The van der Waals surface area contributed by atoms with Crippen molar-refractivity contribution in [2.24, 2.45) is 0 Å². The van der Waals surface area contributed by atoms with Gasteiger partial charge < -0.3 is 10.0 Å². The van der Waals surface area contributed by atoms with Crippen LogP contribution in [0.3, 0.4) is 0 Å². The lowest BCUT2D eigenvalue weighted by molar-refractivity contribution is 0.255. The van der Waals surface area contributed by atoms with Crippen LogP contribution in [0.25, 0.3) is 0 Å². The second-order valence-electron chi connectivity index (χ2n) is 8.46. The van der Waals surface area contributed by atoms with Crippen molar-refractivity contribution >= 4 is 0 Å². The summed E-state index contributed by atoms with van der Waals surface area (Å²) in [5.74, 6) is 0.457. The number of aryl methyl sites for hydroxylation is 1. The highest BCUT2D eigenvalue weighted by Gasteiger charge is 2.06. The zero-order chi connectivity index (χ0) is 20.3. The molecule has 0 heterocycles. The first kappa shape index (κ1) is 25.0. The van der Waals surface area contributed by atoms with Gasteiger partial charge in [0.1, 0.15) is 5.75 Å². The van der Waals surface area contributed by atoms with E-state index in [2.05, 4.69) is 24.8 Å². The number of unbranched alkanes of at least 4 members (excludes halogenated alkanes) is 11. The fraction of sp³-hybridized carbons (Fsp3) is 0.769. The molecule has 0 aliphatic heterocycles. The van der Waals surface area contributed by atoms with Gasteiger partial charge in [-0.15, -0.1) is 0 Å². The lowest BCUT2D eigenvalue weighted by Gasteiger charge is -2.22. The lowest BCUT2D eigenvalue weighted by Crippen LogP contribution is -2.27. The minimum absolute atomic E-state index is 0.457. The number of hydrogen-bond donors (Lipinski definition) is 1. The van der Waals surface area contributed by atoms with E-state index in [1.165, 1.54) is 110 Å². The molecule has 1 aromatic carbocycles. The minimum Gasteiger partial charge on any atom is -0.508 e.